The fourth-order valence-electron chi connectivity index (χ4n) is 4.33. The number of nitro groups is 1. The van der Waals surface area contributed by atoms with E-state index in [9.17, 15) is 19.7 Å². The first-order chi connectivity index (χ1) is 19.3. The fourth-order valence-corrected chi connectivity index (χ4v) is 5.44. The smallest absolute Gasteiger partial charge is 0.293 e. The van der Waals surface area contributed by atoms with Gasteiger partial charge in [0.1, 0.15) is 6.61 Å². The molecular weight excluding hydrogens is 552 g/mol. The van der Waals surface area contributed by atoms with E-state index < -0.39 is 4.92 Å². The molecule has 0 spiro atoms. The van der Waals surface area contributed by atoms with Gasteiger partial charge in [-0.15, -0.1) is 0 Å². The summed E-state index contributed by atoms with van der Waals surface area (Å²) >= 11 is 7.43. The van der Waals surface area contributed by atoms with Gasteiger partial charge in [0.15, 0.2) is 11.5 Å². The second-order valence-corrected chi connectivity index (χ2v) is 10.3. The SMILES string of the molecule is CCOc1cc(/C=C2/SC(=O)N(Cc3cccc4ccccc34)C2=O)cc(Cl)c1OCc1ccc([N+](=O)[O-])cc1. The quantitative estimate of drug-likeness (QED) is 0.115. The van der Waals surface area contributed by atoms with Crippen LogP contribution in [0.1, 0.15) is 23.6 Å². The van der Waals surface area contributed by atoms with Gasteiger partial charge in [-0.2, -0.15) is 0 Å². The molecule has 1 aliphatic rings. The van der Waals surface area contributed by atoms with Crippen LogP contribution in [-0.2, 0) is 17.9 Å². The van der Waals surface area contributed by atoms with Gasteiger partial charge in [-0.05, 0) is 76.5 Å². The van der Waals surface area contributed by atoms with Crippen LogP contribution in [0.3, 0.4) is 0 Å². The molecule has 0 bridgehead atoms. The number of imide groups is 1. The summed E-state index contributed by atoms with van der Waals surface area (Å²) in [6, 6.07) is 23.0. The predicted octanol–water partition coefficient (Wildman–Crippen LogP) is 7.62. The second-order valence-electron chi connectivity index (χ2n) is 8.88. The van der Waals surface area contributed by atoms with E-state index in [4.69, 9.17) is 21.1 Å². The summed E-state index contributed by atoms with van der Waals surface area (Å²) in [4.78, 5) is 38.0. The molecule has 40 heavy (non-hydrogen) atoms. The van der Waals surface area contributed by atoms with E-state index in [0.717, 1.165) is 28.1 Å². The number of carbonyl (C=O) groups is 2. The lowest BCUT2D eigenvalue weighted by atomic mass is 10.0. The third kappa shape index (κ3) is 5.80. The molecule has 202 valence electrons. The van der Waals surface area contributed by atoms with Gasteiger partial charge in [-0.25, -0.2) is 0 Å². The molecule has 2 amide bonds. The first kappa shape index (κ1) is 27.2. The minimum Gasteiger partial charge on any atom is -0.490 e. The molecule has 0 aliphatic carbocycles. The zero-order valence-corrected chi connectivity index (χ0v) is 22.9. The molecule has 1 saturated heterocycles. The van der Waals surface area contributed by atoms with Crippen molar-refractivity contribution in [2.45, 2.75) is 20.1 Å². The lowest BCUT2D eigenvalue weighted by molar-refractivity contribution is -0.384. The number of non-ortho nitro benzene ring substituents is 1. The molecule has 0 radical (unpaired) electrons. The van der Waals surface area contributed by atoms with Gasteiger partial charge in [-0.3, -0.25) is 24.6 Å². The van der Waals surface area contributed by atoms with E-state index in [1.807, 2.05) is 49.4 Å². The van der Waals surface area contributed by atoms with E-state index >= 15 is 0 Å². The highest BCUT2D eigenvalue weighted by Crippen LogP contribution is 2.40. The second kappa shape index (κ2) is 11.8. The van der Waals surface area contributed by atoms with Crippen LogP contribution in [0.25, 0.3) is 16.8 Å². The van der Waals surface area contributed by atoms with Gasteiger partial charge in [0.2, 0.25) is 0 Å². The molecule has 4 aromatic rings. The highest BCUT2D eigenvalue weighted by molar-refractivity contribution is 8.18. The number of hydrogen-bond acceptors (Lipinski definition) is 7. The highest BCUT2D eigenvalue weighted by atomic mass is 35.5. The van der Waals surface area contributed by atoms with Crippen molar-refractivity contribution in [3.05, 3.63) is 116 Å². The van der Waals surface area contributed by atoms with Gasteiger partial charge >= 0.3 is 0 Å². The minimum atomic E-state index is -0.467. The number of fused-ring (bicyclic) bond motifs is 1. The fraction of sp³-hybridized carbons (Fsp3) is 0.133. The number of rotatable bonds is 9. The maximum Gasteiger partial charge on any atom is 0.293 e. The highest BCUT2D eigenvalue weighted by Gasteiger charge is 2.35. The van der Waals surface area contributed by atoms with Crippen molar-refractivity contribution < 1.29 is 24.0 Å². The molecule has 0 aromatic heterocycles. The molecule has 0 N–H and O–H groups in total. The Morgan fingerprint density at radius 1 is 1.00 bits per heavy atom. The normalized spacial score (nSPS) is 14.2. The van der Waals surface area contributed by atoms with E-state index in [1.54, 1.807) is 30.3 Å². The Hall–Kier alpha value is -4.34. The van der Waals surface area contributed by atoms with E-state index in [2.05, 4.69) is 0 Å². The predicted molar refractivity (Wildman–Crippen MR) is 156 cm³/mol. The molecule has 10 heteroatoms. The Bertz CT molecular complexity index is 1650. The average molecular weight is 575 g/mol. The number of nitro benzene ring substituents is 1. The number of amides is 2. The van der Waals surface area contributed by atoms with Crippen LogP contribution < -0.4 is 9.47 Å². The van der Waals surface area contributed by atoms with E-state index in [-0.39, 0.29) is 39.9 Å². The molecule has 5 rings (SSSR count). The zero-order chi connectivity index (χ0) is 28.2. The monoisotopic (exact) mass is 574 g/mol. The van der Waals surface area contributed by atoms with Crippen molar-refractivity contribution in [3.8, 4) is 11.5 Å². The summed E-state index contributed by atoms with van der Waals surface area (Å²) in [5, 5.41) is 12.8. The summed E-state index contributed by atoms with van der Waals surface area (Å²) in [7, 11) is 0. The molecule has 1 heterocycles. The van der Waals surface area contributed by atoms with Crippen molar-refractivity contribution >= 4 is 57.0 Å². The maximum absolute atomic E-state index is 13.2. The number of carbonyl (C=O) groups excluding carboxylic acids is 2. The largest absolute Gasteiger partial charge is 0.490 e. The van der Waals surface area contributed by atoms with Crippen LogP contribution in [-0.4, -0.2) is 27.6 Å². The maximum atomic E-state index is 13.2. The van der Waals surface area contributed by atoms with Crippen LogP contribution in [0.5, 0.6) is 11.5 Å². The summed E-state index contributed by atoms with van der Waals surface area (Å²) in [6.45, 7) is 2.45. The van der Waals surface area contributed by atoms with Crippen molar-refractivity contribution in [1.82, 2.24) is 4.90 Å². The summed E-state index contributed by atoms with van der Waals surface area (Å²) in [5.41, 5.74) is 2.17. The summed E-state index contributed by atoms with van der Waals surface area (Å²) in [6.07, 6.45) is 1.61. The van der Waals surface area contributed by atoms with Gasteiger partial charge < -0.3 is 9.47 Å². The molecule has 0 saturated carbocycles. The Morgan fingerprint density at radius 2 is 1.75 bits per heavy atom. The van der Waals surface area contributed by atoms with Gasteiger partial charge in [0.05, 0.1) is 28.0 Å². The van der Waals surface area contributed by atoms with Crippen LogP contribution in [0.4, 0.5) is 10.5 Å². The summed E-state index contributed by atoms with van der Waals surface area (Å²) in [5.74, 6) is 0.303. The van der Waals surface area contributed by atoms with Crippen molar-refractivity contribution in [2.24, 2.45) is 0 Å². The molecule has 8 nitrogen and oxygen atoms in total. The van der Waals surface area contributed by atoms with Gasteiger partial charge in [0, 0.05) is 12.1 Å². The molecule has 0 unspecified atom stereocenters. The average Bonchev–Trinajstić information content (AvgIpc) is 3.20. The lowest BCUT2D eigenvalue weighted by Crippen LogP contribution is -2.27. The van der Waals surface area contributed by atoms with Crippen molar-refractivity contribution in [1.29, 1.82) is 0 Å². The molecular formula is C30H23ClN2O6S. The number of hydrogen-bond donors (Lipinski definition) is 0. The lowest BCUT2D eigenvalue weighted by Gasteiger charge is -2.15. The third-order valence-electron chi connectivity index (χ3n) is 6.24. The number of thioether (sulfide) groups is 1. The Balaban J connectivity index is 1.36. The molecule has 0 atom stereocenters. The molecule has 1 aliphatic heterocycles. The van der Waals surface area contributed by atoms with E-state index in [0.29, 0.717) is 29.2 Å². The van der Waals surface area contributed by atoms with Crippen LogP contribution in [0.2, 0.25) is 5.02 Å². The number of halogens is 1. The van der Waals surface area contributed by atoms with Crippen LogP contribution in [0, 0.1) is 10.1 Å². The van der Waals surface area contributed by atoms with Gasteiger partial charge in [-0.1, -0.05) is 54.1 Å². The standard InChI is InChI=1S/C30H23ClN2O6S/c1-2-38-26-15-20(14-25(31)28(26)39-18-19-10-12-23(13-11-19)33(36)37)16-27-29(34)32(30(35)40-27)17-22-8-5-7-21-6-3-4-9-24(21)22/h3-16H,2,17-18H2,1H3/b27-16+. The Kier molecular flexibility index (Phi) is 8.04. The topological polar surface area (TPSA) is 99.0 Å². The summed E-state index contributed by atoms with van der Waals surface area (Å²) < 4.78 is 11.7. The third-order valence-corrected chi connectivity index (χ3v) is 7.43. The van der Waals surface area contributed by atoms with Crippen LogP contribution in [0.15, 0.2) is 83.8 Å². The van der Waals surface area contributed by atoms with Crippen LogP contribution >= 0.6 is 23.4 Å². The number of benzene rings is 4. The zero-order valence-electron chi connectivity index (χ0n) is 21.3. The number of ether oxygens (including phenoxy) is 2. The number of nitrogens with zero attached hydrogens (tertiary/aromatic N) is 2. The molecule has 4 aromatic carbocycles. The Morgan fingerprint density at radius 3 is 2.50 bits per heavy atom. The van der Waals surface area contributed by atoms with E-state index in [1.165, 1.54) is 17.0 Å². The first-order valence-corrected chi connectivity index (χ1v) is 13.6. The molecule has 1 fully saturated rings. The van der Waals surface area contributed by atoms with Gasteiger partial charge in [0.25, 0.3) is 16.8 Å². The Labute approximate surface area is 239 Å². The van der Waals surface area contributed by atoms with Crippen molar-refractivity contribution in [3.63, 3.8) is 0 Å². The minimum absolute atomic E-state index is 0.0114. The van der Waals surface area contributed by atoms with Crippen molar-refractivity contribution in [2.75, 3.05) is 6.61 Å². The first-order valence-electron chi connectivity index (χ1n) is 12.4.